The summed E-state index contributed by atoms with van der Waals surface area (Å²) in [6.07, 6.45) is 1.71. The maximum Gasteiger partial charge on any atom is 0.256 e. The van der Waals surface area contributed by atoms with Crippen molar-refractivity contribution >= 4 is 44.0 Å². The zero-order valence-corrected chi connectivity index (χ0v) is 20.4. The van der Waals surface area contributed by atoms with Crippen molar-refractivity contribution in [2.45, 2.75) is 19.9 Å². The van der Waals surface area contributed by atoms with E-state index in [2.05, 4.69) is 9.71 Å². The average Bonchev–Trinajstić information content (AvgIpc) is 3.46. The molecule has 0 radical (unpaired) electrons. The minimum absolute atomic E-state index is 0.0766. The number of aryl methyl sites for hydroxylation is 1. The number of nitrogens with one attached hydrogen (secondary N) is 1. The summed E-state index contributed by atoms with van der Waals surface area (Å²) in [5.74, 6) is 0.362. The number of rotatable bonds is 7. The molecule has 0 unspecified atom stereocenters. The first-order valence-corrected chi connectivity index (χ1v) is 13.0. The highest BCUT2D eigenvalue weighted by Crippen LogP contribution is 2.31. The number of carbonyl (C=O) groups is 1. The maximum absolute atomic E-state index is 13.7. The smallest absolute Gasteiger partial charge is 0.256 e. The Labute approximate surface area is 197 Å². The molecule has 1 atom stereocenters. The highest BCUT2D eigenvalue weighted by molar-refractivity contribution is 7.92. The molecule has 0 aliphatic rings. The Bertz CT molecular complexity index is 1400. The van der Waals surface area contributed by atoms with Gasteiger partial charge < -0.3 is 9.47 Å². The third-order valence-corrected chi connectivity index (χ3v) is 7.85. The summed E-state index contributed by atoms with van der Waals surface area (Å²) < 4.78 is 28.9. The van der Waals surface area contributed by atoms with E-state index in [9.17, 15) is 13.2 Å². The number of sulfonamides is 1. The topological polar surface area (TPSA) is 97.2 Å². The van der Waals surface area contributed by atoms with Gasteiger partial charge in [-0.15, -0.1) is 11.3 Å². The number of anilines is 1. The van der Waals surface area contributed by atoms with Crippen LogP contribution in [0.2, 0.25) is 0 Å². The van der Waals surface area contributed by atoms with Gasteiger partial charge in [0.1, 0.15) is 10.8 Å². The summed E-state index contributed by atoms with van der Waals surface area (Å²) in [6.45, 7) is 3.47. The Balaban J connectivity index is 1.88. The van der Waals surface area contributed by atoms with Gasteiger partial charge in [-0.25, -0.2) is 18.4 Å². The Morgan fingerprint density at radius 1 is 1.24 bits per heavy atom. The highest BCUT2D eigenvalue weighted by Gasteiger charge is 2.26. The number of benzene rings is 2. The van der Waals surface area contributed by atoms with Crippen LogP contribution in [0.1, 0.15) is 35.3 Å². The first-order chi connectivity index (χ1) is 15.7. The van der Waals surface area contributed by atoms with Gasteiger partial charge in [-0.3, -0.25) is 9.52 Å². The van der Waals surface area contributed by atoms with E-state index in [-0.39, 0.29) is 17.7 Å². The van der Waals surface area contributed by atoms with Crippen molar-refractivity contribution in [2.24, 2.45) is 7.05 Å². The van der Waals surface area contributed by atoms with E-state index in [4.69, 9.17) is 4.98 Å². The molecule has 0 spiro atoms. The maximum atomic E-state index is 13.7. The van der Waals surface area contributed by atoms with Crippen molar-refractivity contribution in [2.75, 3.05) is 17.5 Å². The van der Waals surface area contributed by atoms with Gasteiger partial charge in [0.25, 0.3) is 5.91 Å². The summed E-state index contributed by atoms with van der Waals surface area (Å²) in [4.78, 5) is 24.3. The van der Waals surface area contributed by atoms with E-state index in [1.165, 1.54) is 11.3 Å². The molecule has 4 aromatic rings. The number of fused-ring (bicyclic) bond motifs is 1. The molecule has 1 N–H and O–H groups in total. The zero-order chi connectivity index (χ0) is 23.8. The lowest BCUT2D eigenvalue weighted by molar-refractivity contribution is 0.0744. The summed E-state index contributed by atoms with van der Waals surface area (Å²) in [6, 6.07) is 12.7. The summed E-state index contributed by atoms with van der Waals surface area (Å²) in [5.41, 5.74) is 2.74. The van der Waals surface area contributed by atoms with Crippen LogP contribution in [0.15, 0.2) is 54.0 Å². The Kier molecular flexibility index (Phi) is 6.22. The largest absolute Gasteiger partial charge is 0.332 e. The van der Waals surface area contributed by atoms with E-state index in [0.717, 1.165) is 10.6 Å². The molecule has 0 aliphatic heterocycles. The number of nitrogens with zero attached hydrogens (tertiary/aromatic N) is 4. The van der Waals surface area contributed by atoms with Crippen molar-refractivity contribution in [1.29, 1.82) is 0 Å². The summed E-state index contributed by atoms with van der Waals surface area (Å²) in [7, 11) is 0.0466. The SMILES string of the molecule is CCS(=O)(=O)Nc1cc(C(=O)N(C)[C@H](C)c2nccs2)c2c(c1)nc(-c1ccccc1)n2C. The van der Waals surface area contributed by atoms with Crippen molar-refractivity contribution in [3.05, 3.63) is 64.6 Å². The lowest BCUT2D eigenvalue weighted by Crippen LogP contribution is -2.30. The Morgan fingerprint density at radius 3 is 2.61 bits per heavy atom. The molecule has 0 bridgehead atoms. The molecule has 2 aromatic carbocycles. The van der Waals surface area contributed by atoms with Gasteiger partial charge in [-0.2, -0.15) is 0 Å². The first kappa shape index (κ1) is 22.9. The van der Waals surface area contributed by atoms with E-state index in [0.29, 0.717) is 28.1 Å². The second-order valence-electron chi connectivity index (χ2n) is 7.72. The zero-order valence-electron chi connectivity index (χ0n) is 18.8. The van der Waals surface area contributed by atoms with Gasteiger partial charge >= 0.3 is 0 Å². The van der Waals surface area contributed by atoms with E-state index in [1.807, 2.05) is 54.3 Å². The number of hydrogen-bond donors (Lipinski definition) is 1. The van der Waals surface area contributed by atoms with E-state index in [1.54, 1.807) is 37.2 Å². The van der Waals surface area contributed by atoms with Gasteiger partial charge in [0, 0.05) is 31.2 Å². The summed E-state index contributed by atoms with van der Waals surface area (Å²) >= 11 is 1.48. The van der Waals surface area contributed by atoms with Crippen molar-refractivity contribution in [3.8, 4) is 11.4 Å². The van der Waals surface area contributed by atoms with Crippen LogP contribution in [-0.4, -0.2) is 46.6 Å². The van der Waals surface area contributed by atoms with Crippen LogP contribution >= 0.6 is 11.3 Å². The molecule has 2 heterocycles. The quantitative estimate of drug-likeness (QED) is 0.423. The van der Waals surface area contributed by atoms with Crippen molar-refractivity contribution in [3.63, 3.8) is 0 Å². The van der Waals surface area contributed by atoms with Gasteiger partial charge in [-0.05, 0) is 26.0 Å². The molecule has 0 saturated carbocycles. The van der Waals surface area contributed by atoms with Crippen LogP contribution in [0.5, 0.6) is 0 Å². The van der Waals surface area contributed by atoms with Crippen LogP contribution in [-0.2, 0) is 17.1 Å². The van der Waals surface area contributed by atoms with Gasteiger partial charge in [0.15, 0.2) is 0 Å². The van der Waals surface area contributed by atoms with E-state index >= 15 is 0 Å². The summed E-state index contributed by atoms with van der Waals surface area (Å²) in [5, 5.41) is 2.69. The highest BCUT2D eigenvalue weighted by atomic mass is 32.2. The third-order valence-electron chi connectivity index (χ3n) is 5.60. The molecule has 10 heteroatoms. The normalized spacial score (nSPS) is 12.6. The van der Waals surface area contributed by atoms with Gasteiger partial charge in [0.05, 0.1) is 34.1 Å². The molecule has 0 saturated heterocycles. The predicted octanol–water partition coefficient (Wildman–Crippen LogP) is 4.29. The molecule has 8 nitrogen and oxygen atoms in total. The molecule has 33 heavy (non-hydrogen) atoms. The number of imidazole rings is 1. The molecule has 172 valence electrons. The molecule has 0 aliphatic carbocycles. The first-order valence-electron chi connectivity index (χ1n) is 10.4. The van der Waals surface area contributed by atoms with Crippen LogP contribution in [0.25, 0.3) is 22.4 Å². The number of carbonyl (C=O) groups excluding carboxylic acids is 1. The van der Waals surface area contributed by atoms with E-state index < -0.39 is 10.0 Å². The average molecular weight is 484 g/mol. The number of hydrogen-bond acceptors (Lipinski definition) is 6. The minimum atomic E-state index is -3.53. The molecule has 2 aromatic heterocycles. The van der Waals surface area contributed by atoms with Crippen LogP contribution in [0.3, 0.4) is 0 Å². The third kappa shape index (κ3) is 4.49. The molecular formula is C23H25N5O3S2. The Morgan fingerprint density at radius 2 is 1.97 bits per heavy atom. The van der Waals surface area contributed by atoms with Crippen LogP contribution in [0, 0.1) is 0 Å². The Hall–Kier alpha value is -3.24. The van der Waals surface area contributed by atoms with Crippen molar-refractivity contribution < 1.29 is 13.2 Å². The predicted molar refractivity (Wildman–Crippen MR) is 132 cm³/mol. The van der Waals surface area contributed by atoms with Gasteiger partial charge in [0.2, 0.25) is 10.0 Å². The number of thiazole rings is 1. The van der Waals surface area contributed by atoms with Gasteiger partial charge in [-0.1, -0.05) is 30.3 Å². The minimum Gasteiger partial charge on any atom is -0.332 e. The second kappa shape index (κ2) is 8.95. The number of aromatic nitrogens is 3. The fraction of sp³-hybridized carbons (Fsp3) is 0.261. The van der Waals surface area contributed by atoms with Crippen molar-refractivity contribution in [1.82, 2.24) is 19.4 Å². The molecule has 4 rings (SSSR count). The lowest BCUT2D eigenvalue weighted by Gasteiger charge is -2.24. The standard InChI is InChI=1S/C23H25N5O3S2/c1-5-33(30,31)26-17-13-18(23(29)27(3)15(2)22-24-11-12-32-22)20-19(14-17)25-21(28(20)4)16-9-7-6-8-10-16/h6-15,26H,5H2,1-4H3/t15-/m1/s1. The fourth-order valence-corrected chi connectivity index (χ4v) is 5.00. The van der Waals surface area contributed by atoms with Crippen LogP contribution < -0.4 is 4.72 Å². The monoisotopic (exact) mass is 483 g/mol. The molecular weight excluding hydrogens is 458 g/mol. The molecule has 1 amide bonds. The lowest BCUT2D eigenvalue weighted by atomic mass is 10.1. The molecule has 0 fully saturated rings. The number of amides is 1. The fourth-order valence-electron chi connectivity index (χ4n) is 3.64. The van der Waals surface area contributed by atoms with Crippen LogP contribution in [0.4, 0.5) is 5.69 Å². The second-order valence-corrected chi connectivity index (χ2v) is 10.7.